The van der Waals surface area contributed by atoms with Gasteiger partial charge in [-0.2, -0.15) is 0 Å². The highest BCUT2D eigenvalue weighted by atomic mass is 32.2. The highest BCUT2D eigenvalue weighted by Crippen LogP contribution is 2.44. The summed E-state index contributed by atoms with van der Waals surface area (Å²) in [5.41, 5.74) is 7.25. The van der Waals surface area contributed by atoms with Crippen LogP contribution < -0.4 is 4.74 Å². The van der Waals surface area contributed by atoms with Crippen molar-refractivity contribution in [2.24, 2.45) is 0 Å². The zero-order valence-corrected chi connectivity index (χ0v) is 21.8. The highest BCUT2D eigenvalue weighted by Gasteiger charge is 2.24. The summed E-state index contributed by atoms with van der Waals surface area (Å²) >= 11 is 1.72. The monoisotopic (exact) mass is 506 g/mol. The van der Waals surface area contributed by atoms with Crippen LogP contribution in [0, 0.1) is 0 Å². The number of thioether (sulfide) groups is 1. The molecule has 5 rings (SSSR count). The molecule has 0 heterocycles. The van der Waals surface area contributed by atoms with E-state index in [1.807, 2.05) is 72.8 Å². The number of allylic oxidation sites excluding steroid dienone is 2. The summed E-state index contributed by atoms with van der Waals surface area (Å²) < 4.78 is 12.1. The summed E-state index contributed by atoms with van der Waals surface area (Å²) in [6.45, 7) is 0.768. The van der Waals surface area contributed by atoms with E-state index in [1.165, 1.54) is 16.0 Å². The first-order valence-electron chi connectivity index (χ1n) is 12.6. The van der Waals surface area contributed by atoms with Gasteiger partial charge in [-0.25, -0.2) is 4.79 Å². The maximum atomic E-state index is 13.2. The number of esters is 1. The Labute approximate surface area is 223 Å². The zero-order chi connectivity index (χ0) is 25.5. The Kier molecular flexibility index (Phi) is 8.07. The summed E-state index contributed by atoms with van der Waals surface area (Å²) in [6.07, 6.45) is 4.99. The van der Waals surface area contributed by atoms with Gasteiger partial charge in [-0.1, -0.05) is 78.9 Å². The lowest BCUT2D eigenvalue weighted by atomic mass is 9.93. The van der Waals surface area contributed by atoms with Crippen LogP contribution in [0.4, 0.5) is 0 Å². The van der Waals surface area contributed by atoms with Crippen LogP contribution in [0.1, 0.15) is 51.9 Å². The van der Waals surface area contributed by atoms with Crippen LogP contribution in [-0.2, 0) is 18.0 Å². The van der Waals surface area contributed by atoms with Crippen molar-refractivity contribution in [2.75, 3.05) is 6.26 Å². The van der Waals surface area contributed by atoms with Crippen LogP contribution in [0.3, 0.4) is 0 Å². The number of hydrogen-bond acceptors (Lipinski definition) is 4. The molecule has 0 radical (unpaired) electrons. The van der Waals surface area contributed by atoms with E-state index in [0.29, 0.717) is 12.2 Å². The molecule has 0 unspecified atom stereocenters. The van der Waals surface area contributed by atoms with Crippen LogP contribution in [0.25, 0.3) is 11.1 Å². The minimum Gasteiger partial charge on any atom is -0.488 e. The number of rotatable bonds is 9. The first-order valence-corrected chi connectivity index (χ1v) is 13.8. The molecule has 186 valence electrons. The van der Waals surface area contributed by atoms with E-state index in [9.17, 15) is 4.79 Å². The molecule has 3 nitrogen and oxygen atoms in total. The lowest BCUT2D eigenvalue weighted by Gasteiger charge is -2.17. The number of hydrogen-bond donors (Lipinski definition) is 0. The molecule has 0 saturated heterocycles. The number of benzene rings is 4. The van der Waals surface area contributed by atoms with Gasteiger partial charge in [0.05, 0.1) is 5.56 Å². The van der Waals surface area contributed by atoms with Crippen LogP contribution in [0.2, 0.25) is 0 Å². The summed E-state index contributed by atoms with van der Waals surface area (Å²) in [7, 11) is 0. The Bertz CT molecular complexity index is 1390. The van der Waals surface area contributed by atoms with Gasteiger partial charge in [-0.15, -0.1) is 11.8 Å². The quantitative estimate of drug-likeness (QED) is 0.169. The minimum atomic E-state index is -0.295. The standard InChI is InChI=1S/C33H30O3S/c1-37-26-19-20-32(35-22-24-11-4-2-5-12-24)31(21-26)29-18-10-17-27(29)28-15-8-9-16-30(28)33(34)36-23-25-13-6-3-7-14-25/h2-9,11-16,19-21H,10,17-18,22-23H2,1H3. The summed E-state index contributed by atoms with van der Waals surface area (Å²) in [6, 6.07) is 34.2. The van der Waals surface area contributed by atoms with Crippen molar-refractivity contribution in [1.29, 1.82) is 0 Å². The van der Waals surface area contributed by atoms with Crippen LogP contribution in [-0.4, -0.2) is 12.2 Å². The topological polar surface area (TPSA) is 35.5 Å². The van der Waals surface area contributed by atoms with Gasteiger partial charge < -0.3 is 9.47 Å². The van der Waals surface area contributed by atoms with E-state index in [-0.39, 0.29) is 12.6 Å². The molecular formula is C33H30O3S. The zero-order valence-electron chi connectivity index (χ0n) is 21.0. The summed E-state index contributed by atoms with van der Waals surface area (Å²) in [5.74, 6) is 0.580. The van der Waals surface area contributed by atoms with Gasteiger partial charge in [-0.05, 0) is 77.6 Å². The van der Waals surface area contributed by atoms with Gasteiger partial charge in [0.2, 0.25) is 0 Å². The summed E-state index contributed by atoms with van der Waals surface area (Å²) in [5, 5.41) is 0. The fourth-order valence-corrected chi connectivity index (χ4v) is 5.24. The molecule has 1 aliphatic rings. The average Bonchev–Trinajstić information content (AvgIpc) is 3.45. The normalized spacial score (nSPS) is 13.0. The van der Waals surface area contributed by atoms with Gasteiger partial charge in [-0.3, -0.25) is 0 Å². The van der Waals surface area contributed by atoms with Gasteiger partial charge >= 0.3 is 5.97 Å². The van der Waals surface area contributed by atoms with Gasteiger partial charge in [0, 0.05) is 10.5 Å². The fraction of sp³-hybridized carbons (Fsp3) is 0.182. The Morgan fingerprint density at radius 1 is 0.730 bits per heavy atom. The van der Waals surface area contributed by atoms with Crippen LogP contribution >= 0.6 is 11.8 Å². The second kappa shape index (κ2) is 12.0. The number of ether oxygens (including phenoxy) is 2. The maximum absolute atomic E-state index is 13.2. The maximum Gasteiger partial charge on any atom is 0.339 e. The minimum absolute atomic E-state index is 0.257. The predicted octanol–water partition coefficient (Wildman–Crippen LogP) is 8.44. The second-order valence-electron chi connectivity index (χ2n) is 9.05. The molecule has 0 bridgehead atoms. The average molecular weight is 507 g/mol. The van der Waals surface area contributed by atoms with Gasteiger partial charge in [0.25, 0.3) is 0 Å². The highest BCUT2D eigenvalue weighted by molar-refractivity contribution is 7.98. The van der Waals surface area contributed by atoms with E-state index in [1.54, 1.807) is 11.8 Å². The predicted molar refractivity (Wildman–Crippen MR) is 152 cm³/mol. The van der Waals surface area contributed by atoms with Gasteiger partial charge in [0.1, 0.15) is 19.0 Å². The van der Waals surface area contributed by atoms with Crippen molar-refractivity contribution < 1.29 is 14.3 Å². The molecule has 4 aromatic rings. The lowest BCUT2D eigenvalue weighted by molar-refractivity contribution is 0.0472. The summed E-state index contributed by atoms with van der Waals surface area (Å²) in [4.78, 5) is 14.4. The SMILES string of the molecule is CSc1ccc(OCc2ccccc2)c(C2=C(c3ccccc3C(=O)OCc3ccccc3)CCC2)c1. The van der Waals surface area contributed by atoms with Crippen LogP contribution in [0.15, 0.2) is 108 Å². The van der Waals surface area contributed by atoms with Crippen molar-refractivity contribution in [3.63, 3.8) is 0 Å². The van der Waals surface area contributed by atoms with E-state index in [0.717, 1.165) is 47.3 Å². The van der Waals surface area contributed by atoms with Crippen molar-refractivity contribution in [2.45, 2.75) is 37.4 Å². The number of carbonyl (C=O) groups excluding carboxylic acids is 1. The molecule has 0 fully saturated rings. The Morgan fingerprint density at radius 2 is 1.35 bits per heavy atom. The Morgan fingerprint density at radius 3 is 2.05 bits per heavy atom. The van der Waals surface area contributed by atoms with E-state index >= 15 is 0 Å². The lowest BCUT2D eigenvalue weighted by Crippen LogP contribution is -2.08. The third kappa shape index (κ3) is 5.98. The molecule has 0 atom stereocenters. The fourth-order valence-electron chi connectivity index (χ4n) is 4.80. The Hall–Kier alpha value is -3.76. The third-order valence-electron chi connectivity index (χ3n) is 6.65. The second-order valence-corrected chi connectivity index (χ2v) is 9.93. The van der Waals surface area contributed by atoms with E-state index in [4.69, 9.17) is 9.47 Å². The van der Waals surface area contributed by atoms with Crippen LogP contribution in [0.5, 0.6) is 5.75 Å². The first-order chi connectivity index (χ1) is 18.2. The largest absolute Gasteiger partial charge is 0.488 e. The molecule has 0 saturated carbocycles. The molecular weight excluding hydrogens is 476 g/mol. The molecule has 0 aromatic heterocycles. The van der Waals surface area contributed by atoms with Crippen molar-refractivity contribution >= 4 is 28.9 Å². The van der Waals surface area contributed by atoms with Gasteiger partial charge in [0.15, 0.2) is 0 Å². The van der Waals surface area contributed by atoms with E-state index in [2.05, 4.69) is 36.6 Å². The van der Waals surface area contributed by atoms with Crippen molar-refractivity contribution in [3.8, 4) is 5.75 Å². The molecule has 0 aliphatic heterocycles. The number of carbonyl (C=O) groups is 1. The molecule has 4 aromatic carbocycles. The van der Waals surface area contributed by atoms with Crippen molar-refractivity contribution in [1.82, 2.24) is 0 Å². The molecule has 4 heteroatoms. The molecule has 0 amide bonds. The smallest absolute Gasteiger partial charge is 0.339 e. The van der Waals surface area contributed by atoms with Crippen molar-refractivity contribution in [3.05, 3.63) is 131 Å². The molecule has 1 aliphatic carbocycles. The van der Waals surface area contributed by atoms with E-state index < -0.39 is 0 Å². The Balaban J connectivity index is 1.48. The molecule has 37 heavy (non-hydrogen) atoms. The molecule has 0 spiro atoms. The first kappa shape index (κ1) is 24.9. The third-order valence-corrected chi connectivity index (χ3v) is 7.38. The molecule has 0 N–H and O–H groups in total.